The van der Waals surface area contributed by atoms with Crippen LogP contribution in [0.1, 0.15) is 13.3 Å². The fraction of sp³-hybridized carbons (Fsp3) is 0.800. The van der Waals surface area contributed by atoms with Crippen molar-refractivity contribution in [1.82, 2.24) is 4.31 Å². The van der Waals surface area contributed by atoms with Crippen LogP contribution in [0.15, 0.2) is 0 Å². The third-order valence-corrected chi connectivity index (χ3v) is 2.93. The molecule has 0 bridgehead atoms. The Morgan fingerprint density at radius 2 is 2.33 bits per heavy atom. The molecule has 0 aromatic carbocycles. The van der Waals surface area contributed by atoms with Crippen LogP contribution in [0, 0.1) is 0 Å². The van der Waals surface area contributed by atoms with Gasteiger partial charge < -0.3 is 4.31 Å². The predicted octanol–water partition coefficient (Wildman–Crippen LogP) is 2.19. The van der Waals surface area contributed by atoms with E-state index in [1.807, 2.05) is 7.05 Å². The molecule has 0 aromatic heterocycles. The van der Waals surface area contributed by atoms with E-state index in [0.29, 0.717) is 0 Å². The highest BCUT2D eigenvalue weighted by Gasteiger charge is 1.97. The van der Waals surface area contributed by atoms with Crippen molar-refractivity contribution < 1.29 is 0 Å². The van der Waals surface area contributed by atoms with E-state index in [-0.39, 0.29) is 0 Å². The lowest BCUT2D eigenvalue weighted by Crippen LogP contribution is -2.09. The van der Waals surface area contributed by atoms with Crippen molar-refractivity contribution in [1.29, 1.82) is 0 Å². The average molecular weight is 181 g/mol. The standard InChI is InChI=1S/C5H11NS3/c1-3-4-9-5(7)6(2)8/h8H,3-4H2,1-2H3. The van der Waals surface area contributed by atoms with Crippen molar-refractivity contribution in [2.75, 3.05) is 12.8 Å². The monoisotopic (exact) mass is 181 g/mol. The normalized spacial score (nSPS) is 9.22. The Bertz CT molecular complexity index is 92.2. The minimum Gasteiger partial charge on any atom is -0.307 e. The lowest BCUT2D eigenvalue weighted by molar-refractivity contribution is 0.893. The lowest BCUT2D eigenvalue weighted by Gasteiger charge is -2.09. The smallest absolute Gasteiger partial charge is 0.145 e. The minimum atomic E-state index is 0.847. The molecule has 0 amide bonds. The van der Waals surface area contributed by atoms with Crippen molar-refractivity contribution >= 4 is 41.1 Å². The van der Waals surface area contributed by atoms with Crippen molar-refractivity contribution in [3.63, 3.8) is 0 Å². The van der Waals surface area contributed by atoms with Crippen molar-refractivity contribution in [2.45, 2.75) is 13.3 Å². The Hall–Kier alpha value is 0.590. The predicted molar refractivity (Wildman–Crippen MR) is 52.1 cm³/mol. The molecule has 0 saturated heterocycles. The van der Waals surface area contributed by atoms with Crippen LogP contribution < -0.4 is 0 Å². The largest absolute Gasteiger partial charge is 0.307 e. The maximum Gasteiger partial charge on any atom is 0.145 e. The molecule has 0 N–H and O–H groups in total. The molecule has 0 atom stereocenters. The average Bonchev–Trinajstić information content (AvgIpc) is 1.82. The van der Waals surface area contributed by atoms with Gasteiger partial charge in [0.2, 0.25) is 0 Å². The number of hydrogen-bond donors (Lipinski definition) is 1. The maximum absolute atomic E-state index is 4.96. The fourth-order valence-electron chi connectivity index (χ4n) is 0.283. The molecule has 0 aromatic rings. The summed E-state index contributed by atoms with van der Waals surface area (Å²) in [5, 5.41) is 0. The van der Waals surface area contributed by atoms with Crippen LogP contribution in [-0.4, -0.2) is 21.4 Å². The zero-order valence-corrected chi connectivity index (χ0v) is 8.15. The molecular formula is C5H11NS3. The number of thiocarbonyl (C=S) groups is 1. The highest BCUT2D eigenvalue weighted by Crippen LogP contribution is 2.09. The second-order valence-corrected chi connectivity index (χ2v) is 3.97. The zero-order chi connectivity index (χ0) is 7.28. The van der Waals surface area contributed by atoms with Gasteiger partial charge in [0.15, 0.2) is 0 Å². The van der Waals surface area contributed by atoms with Gasteiger partial charge in [-0.05, 0) is 6.42 Å². The summed E-state index contributed by atoms with van der Waals surface area (Å²) in [5.74, 6) is 1.09. The molecule has 9 heavy (non-hydrogen) atoms. The molecule has 0 aliphatic rings. The minimum absolute atomic E-state index is 0.847. The number of nitrogens with zero attached hydrogens (tertiary/aromatic N) is 1. The molecule has 54 valence electrons. The van der Waals surface area contributed by atoms with Crippen LogP contribution in [0.25, 0.3) is 0 Å². The highest BCUT2D eigenvalue weighted by atomic mass is 32.2. The SMILES string of the molecule is CCCSC(=S)N(C)S. The van der Waals surface area contributed by atoms with Gasteiger partial charge in [0.05, 0.1) is 0 Å². The van der Waals surface area contributed by atoms with Crippen LogP contribution in [-0.2, 0) is 0 Å². The van der Waals surface area contributed by atoms with Gasteiger partial charge in [-0.15, -0.1) is 0 Å². The van der Waals surface area contributed by atoms with Gasteiger partial charge in [-0.3, -0.25) is 0 Å². The summed E-state index contributed by atoms with van der Waals surface area (Å²) in [6, 6.07) is 0. The molecule has 0 aliphatic carbocycles. The summed E-state index contributed by atoms with van der Waals surface area (Å²) in [4.78, 5) is 0. The van der Waals surface area contributed by atoms with E-state index >= 15 is 0 Å². The van der Waals surface area contributed by atoms with Crippen LogP contribution in [0.2, 0.25) is 0 Å². The lowest BCUT2D eigenvalue weighted by atomic mass is 10.6. The van der Waals surface area contributed by atoms with Gasteiger partial charge in [-0.1, -0.05) is 43.7 Å². The van der Waals surface area contributed by atoms with Crippen LogP contribution in [0.3, 0.4) is 0 Å². The summed E-state index contributed by atoms with van der Waals surface area (Å²) < 4.78 is 2.51. The Kier molecular flexibility index (Phi) is 5.73. The van der Waals surface area contributed by atoms with Gasteiger partial charge in [0.1, 0.15) is 4.32 Å². The maximum atomic E-state index is 4.96. The number of thiol groups is 1. The molecule has 0 aliphatic heterocycles. The summed E-state index contributed by atoms with van der Waals surface area (Å²) in [5.41, 5.74) is 0. The van der Waals surface area contributed by atoms with E-state index in [4.69, 9.17) is 12.2 Å². The second-order valence-electron chi connectivity index (χ2n) is 1.64. The van der Waals surface area contributed by atoms with Gasteiger partial charge in [-0.2, -0.15) is 0 Å². The molecule has 0 rings (SSSR count). The van der Waals surface area contributed by atoms with E-state index < -0.39 is 0 Å². The summed E-state index contributed by atoms with van der Waals surface area (Å²) >= 11 is 10.7. The van der Waals surface area contributed by atoms with Gasteiger partial charge in [-0.25, -0.2) is 0 Å². The quantitative estimate of drug-likeness (QED) is 0.514. The molecule has 0 spiro atoms. The Morgan fingerprint density at radius 1 is 1.78 bits per heavy atom. The Balaban J connectivity index is 3.28. The number of thioether (sulfide) groups is 1. The van der Waals surface area contributed by atoms with Crippen LogP contribution >= 0.6 is 36.8 Å². The van der Waals surface area contributed by atoms with E-state index in [1.54, 1.807) is 16.1 Å². The summed E-state index contributed by atoms with van der Waals surface area (Å²) in [6.45, 7) is 2.13. The Morgan fingerprint density at radius 3 is 2.67 bits per heavy atom. The van der Waals surface area contributed by atoms with Gasteiger partial charge >= 0.3 is 0 Å². The number of hydrogen-bond acceptors (Lipinski definition) is 3. The van der Waals surface area contributed by atoms with Crippen LogP contribution in [0.4, 0.5) is 0 Å². The third-order valence-electron chi connectivity index (χ3n) is 0.694. The second kappa shape index (κ2) is 5.38. The summed E-state index contributed by atoms with van der Waals surface area (Å²) in [7, 11) is 1.84. The molecular weight excluding hydrogens is 170 g/mol. The van der Waals surface area contributed by atoms with E-state index in [0.717, 1.165) is 16.5 Å². The Labute approximate surface area is 71.7 Å². The first kappa shape index (κ1) is 9.59. The highest BCUT2D eigenvalue weighted by molar-refractivity contribution is 8.23. The van der Waals surface area contributed by atoms with Gasteiger partial charge in [0, 0.05) is 12.8 Å². The molecule has 0 fully saturated rings. The molecule has 4 heteroatoms. The van der Waals surface area contributed by atoms with Crippen molar-refractivity contribution in [3.8, 4) is 0 Å². The molecule has 0 unspecified atom stereocenters. The van der Waals surface area contributed by atoms with E-state index in [9.17, 15) is 0 Å². The molecule has 0 radical (unpaired) electrons. The van der Waals surface area contributed by atoms with Crippen LogP contribution in [0.5, 0.6) is 0 Å². The first-order valence-electron chi connectivity index (χ1n) is 2.77. The summed E-state index contributed by atoms with van der Waals surface area (Å²) in [6.07, 6.45) is 1.16. The van der Waals surface area contributed by atoms with Gasteiger partial charge in [0.25, 0.3) is 0 Å². The van der Waals surface area contributed by atoms with E-state index in [2.05, 4.69) is 19.7 Å². The van der Waals surface area contributed by atoms with Crippen molar-refractivity contribution in [2.24, 2.45) is 0 Å². The first-order valence-corrected chi connectivity index (χ1v) is 4.57. The fourth-order valence-corrected chi connectivity index (χ4v) is 1.27. The topological polar surface area (TPSA) is 3.24 Å². The first-order chi connectivity index (χ1) is 4.18. The van der Waals surface area contributed by atoms with E-state index in [1.165, 1.54) is 0 Å². The zero-order valence-electron chi connectivity index (χ0n) is 5.63. The number of rotatable bonds is 2. The molecule has 0 saturated carbocycles. The molecule has 0 heterocycles. The third kappa shape index (κ3) is 5.06. The molecule has 1 nitrogen and oxygen atoms in total. The van der Waals surface area contributed by atoms with Crippen molar-refractivity contribution in [3.05, 3.63) is 0 Å².